The van der Waals surface area contributed by atoms with Gasteiger partial charge >= 0.3 is 0 Å². The lowest BCUT2D eigenvalue weighted by Gasteiger charge is -2.22. The van der Waals surface area contributed by atoms with Crippen molar-refractivity contribution in [2.45, 2.75) is 247 Å². The molecule has 12 heteroatoms. The van der Waals surface area contributed by atoms with Gasteiger partial charge in [0.2, 0.25) is 11.8 Å². The van der Waals surface area contributed by atoms with Gasteiger partial charge in [-0.1, -0.05) is 194 Å². The maximum atomic E-state index is 12.8. The number of hydrogen-bond acceptors (Lipinski definition) is 7. The standard InChI is InChI=1S/C43H84N4O2.3C2H4O2/c1-3-5-7-9-11-13-15-17-19-21-23-25-27-29-31-34-42(48)46-38-37-45-39-41-47(40-33-36-44)43(49)35-32-30-28-26-24-22-20-18-16-14-12-10-8-6-4-2;3*1-2(3)4/h45H,3-35,37-41H2,1-2H3,(H,46,48);3*1H3,(H,3,4). The van der Waals surface area contributed by atoms with Crippen LogP contribution in [0.4, 0.5) is 0 Å². The van der Waals surface area contributed by atoms with Crippen LogP contribution in [0.3, 0.4) is 0 Å². The highest BCUT2D eigenvalue weighted by molar-refractivity contribution is 5.76. The minimum atomic E-state index is -0.833. The fourth-order valence-corrected chi connectivity index (χ4v) is 6.73. The van der Waals surface area contributed by atoms with Crippen molar-refractivity contribution in [3.05, 3.63) is 0 Å². The Hall–Kier alpha value is -3.20. The van der Waals surface area contributed by atoms with Crippen molar-refractivity contribution in [2.75, 3.05) is 32.7 Å². The lowest BCUT2D eigenvalue weighted by molar-refractivity contribution is -0.135. The molecule has 0 saturated carbocycles. The molecular formula is C49H96N4O8. The summed E-state index contributed by atoms with van der Waals surface area (Å²) in [7, 11) is 0. The molecule has 0 unspecified atom stereocenters. The number of aliphatic carboxylic acids is 3. The molecule has 0 bridgehead atoms. The molecule has 61 heavy (non-hydrogen) atoms. The van der Waals surface area contributed by atoms with Crippen LogP contribution < -0.4 is 10.6 Å². The Kier molecular flexibility index (Phi) is 60.0. The van der Waals surface area contributed by atoms with Gasteiger partial charge in [-0.05, 0) is 12.8 Å². The fraction of sp³-hybridized carbons (Fsp3) is 0.878. The summed E-state index contributed by atoms with van der Waals surface area (Å²) >= 11 is 0. The number of amides is 2. The minimum absolute atomic E-state index is 0.144. The van der Waals surface area contributed by atoms with Crippen molar-refractivity contribution in [3.63, 3.8) is 0 Å². The Morgan fingerprint density at radius 2 is 0.738 bits per heavy atom. The van der Waals surface area contributed by atoms with Gasteiger partial charge in [0.15, 0.2) is 0 Å². The summed E-state index contributed by atoms with van der Waals surface area (Å²) in [6, 6.07) is 2.18. The van der Waals surface area contributed by atoms with E-state index in [0.29, 0.717) is 52.0 Å². The van der Waals surface area contributed by atoms with Crippen LogP contribution in [-0.4, -0.2) is 82.7 Å². The Labute approximate surface area is 374 Å². The molecule has 0 aliphatic heterocycles. The molecule has 0 aliphatic carbocycles. The van der Waals surface area contributed by atoms with Crippen molar-refractivity contribution in [2.24, 2.45) is 0 Å². The normalized spacial score (nSPS) is 10.2. The van der Waals surface area contributed by atoms with Crippen LogP contribution >= 0.6 is 0 Å². The Bertz CT molecular complexity index is 981. The zero-order valence-corrected chi connectivity index (χ0v) is 40.1. The number of hydrogen-bond donors (Lipinski definition) is 5. The lowest BCUT2D eigenvalue weighted by Crippen LogP contribution is -2.39. The maximum Gasteiger partial charge on any atom is 0.300 e. The molecule has 0 fully saturated rings. The number of nitriles is 1. The minimum Gasteiger partial charge on any atom is -0.481 e. The second-order valence-corrected chi connectivity index (χ2v) is 16.3. The predicted molar refractivity (Wildman–Crippen MR) is 252 cm³/mol. The third-order valence-corrected chi connectivity index (χ3v) is 10.0. The summed E-state index contributed by atoms with van der Waals surface area (Å²) in [5.74, 6) is -2.19. The summed E-state index contributed by atoms with van der Waals surface area (Å²) in [6.07, 6.45) is 41.4. The molecule has 2 amide bonds. The highest BCUT2D eigenvalue weighted by Crippen LogP contribution is 2.15. The average Bonchev–Trinajstić information content (AvgIpc) is 3.19. The number of unbranched alkanes of at least 4 members (excludes halogenated alkanes) is 28. The summed E-state index contributed by atoms with van der Waals surface area (Å²) < 4.78 is 0. The summed E-state index contributed by atoms with van der Waals surface area (Å²) in [5.41, 5.74) is 0. The lowest BCUT2D eigenvalue weighted by atomic mass is 10.0. The van der Waals surface area contributed by atoms with E-state index in [0.717, 1.165) is 46.5 Å². The third-order valence-electron chi connectivity index (χ3n) is 10.0. The number of carbonyl (C=O) groups excluding carboxylic acids is 2. The zero-order valence-electron chi connectivity index (χ0n) is 40.1. The van der Waals surface area contributed by atoms with E-state index in [9.17, 15) is 9.59 Å². The van der Waals surface area contributed by atoms with Crippen LogP contribution in [0, 0.1) is 11.3 Å². The fourth-order valence-electron chi connectivity index (χ4n) is 6.73. The highest BCUT2D eigenvalue weighted by atomic mass is 16.4. The molecule has 0 aromatic rings. The van der Waals surface area contributed by atoms with E-state index in [1.54, 1.807) is 0 Å². The van der Waals surface area contributed by atoms with Crippen LogP contribution in [0.2, 0.25) is 0 Å². The van der Waals surface area contributed by atoms with Gasteiger partial charge in [-0.3, -0.25) is 24.0 Å². The first-order chi connectivity index (χ1) is 29.3. The maximum absolute atomic E-state index is 12.8. The Morgan fingerprint density at radius 1 is 0.443 bits per heavy atom. The van der Waals surface area contributed by atoms with Gasteiger partial charge in [0.05, 0.1) is 12.5 Å². The second-order valence-electron chi connectivity index (χ2n) is 16.3. The van der Waals surface area contributed by atoms with Gasteiger partial charge in [0, 0.05) is 66.3 Å². The molecule has 0 aliphatic rings. The predicted octanol–water partition coefficient (Wildman–Crippen LogP) is 12.2. The topological polar surface area (TPSA) is 197 Å². The van der Waals surface area contributed by atoms with Gasteiger partial charge in [0.25, 0.3) is 17.9 Å². The summed E-state index contributed by atoms with van der Waals surface area (Å²) in [5, 5.41) is 37.7. The van der Waals surface area contributed by atoms with Crippen LogP contribution in [-0.2, 0) is 24.0 Å². The number of carboxylic acid groups (broad SMARTS) is 3. The molecule has 0 aromatic heterocycles. The first kappa shape index (κ1) is 64.4. The largest absolute Gasteiger partial charge is 0.481 e. The van der Waals surface area contributed by atoms with Crippen molar-refractivity contribution in [3.8, 4) is 6.07 Å². The number of nitrogens with one attached hydrogen (secondary N) is 2. The number of carbonyl (C=O) groups is 5. The van der Waals surface area contributed by atoms with E-state index in [2.05, 4.69) is 30.6 Å². The van der Waals surface area contributed by atoms with E-state index in [-0.39, 0.29) is 11.8 Å². The van der Waals surface area contributed by atoms with E-state index in [1.807, 2.05) is 4.90 Å². The first-order valence-electron chi connectivity index (χ1n) is 24.6. The van der Waals surface area contributed by atoms with Gasteiger partial charge < -0.3 is 30.9 Å². The van der Waals surface area contributed by atoms with Crippen LogP contribution in [0.25, 0.3) is 0 Å². The van der Waals surface area contributed by atoms with Crippen LogP contribution in [0.5, 0.6) is 0 Å². The van der Waals surface area contributed by atoms with Gasteiger partial charge in [0.1, 0.15) is 0 Å². The summed E-state index contributed by atoms with van der Waals surface area (Å²) in [4.78, 5) is 53.8. The van der Waals surface area contributed by atoms with Crippen molar-refractivity contribution >= 4 is 29.7 Å². The average molecular weight is 869 g/mol. The molecule has 5 N–H and O–H groups in total. The first-order valence-corrected chi connectivity index (χ1v) is 24.6. The van der Waals surface area contributed by atoms with Crippen LogP contribution in [0.1, 0.15) is 247 Å². The monoisotopic (exact) mass is 869 g/mol. The SMILES string of the molecule is CC(=O)O.CC(=O)O.CC(=O)O.CCCCCCCCCCCCCCCCCC(=O)NCCNCCN(CCC#N)C(=O)CCCCCCCCCCCCCCCCC. The molecule has 12 nitrogen and oxygen atoms in total. The van der Waals surface area contributed by atoms with E-state index >= 15 is 0 Å². The molecule has 0 aromatic carbocycles. The molecule has 0 spiro atoms. The van der Waals surface area contributed by atoms with Crippen molar-refractivity contribution < 1.29 is 39.3 Å². The molecule has 0 heterocycles. The molecule has 0 rings (SSSR count). The van der Waals surface area contributed by atoms with E-state index < -0.39 is 17.9 Å². The van der Waals surface area contributed by atoms with Gasteiger partial charge in [-0.2, -0.15) is 5.26 Å². The number of nitrogens with zero attached hydrogens (tertiary/aromatic N) is 2. The Balaban J connectivity index is -0.00000118. The molecule has 360 valence electrons. The van der Waals surface area contributed by atoms with Crippen molar-refractivity contribution in [1.82, 2.24) is 15.5 Å². The smallest absolute Gasteiger partial charge is 0.300 e. The number of carboxylic acids is 3. The zero-order chi connectivity index (χ0) is 46.5. The molecule has 0 saturated heterocycles. The number of rotatable bonds is 40. The van der Waals surface area contributed by atoms with E-state index in [1.165, 1.54) is 167 Å². The van der Waals surface area contributed by atoms with Crippen LogP contribution in [0.15, 0.2) is 0 Å². The van der Waals surface area contributed by atoms with Gasteiger partial charge in [-0.25, -0.2) is 0 Å². The second kappa shape index (κ2) is 56.8. The van der Waals surface area contributed by atoms with Gasteiger partial charge in [-0.15, -0.1) is 0 Å². The van der Waals surface area contributed by atoms with E-state index in [4.69, 9.17) is 35.0 Å². The molecular weight excluding hydrogens is 773 g/mol. The van der Waals surface area contributed by atoms with Crippen molar-refractivity contribution in [1.29, 1.82) is 5.26 Å². The quantitative estimate of drug-likeness (QED) is 0.0369. The third kappa shape index (κ3) is 74.7. The molecule has 0 radical (unpaired) electrons. The Morgan fingerprint density at radius 3 is 1.05 bits per heavy atom. The molecule has 0 atom stereocenters. The highest BCUT2D eigenvalue weighted by Gasteiger charge is 2.12. The summed E-state index contributed by atoms with van der Waals surface area (Å²) in [6.45, 7) is 10.9.